The van der Waals surface area contributed by atoms with Crippen LogP contribution in [-0.2, 0) is 19.6 Å². The SMILES string of the molecule is COc1ccc(NC(=O)[C@H]2CC(=O)N(c3ccc(S(=O)(=O)N(C)C)cc3)C2)cc1. The van der Waals surface area contributed by atoms with E-state index in [0.717, 1.165) is 4.31 Å². The molecule has 154 valence electrons. The monoisotopic (exact) mass is 417 g/mol. The van der Waals surface area contributed by atoms with E-state index < -0.39 is 15.9 Å². The zero-order valence-corrected chi connectivity index (χ0v) is 17.3. The van der Waals surface area contributed by atoms with Crippen LogP contribution in [0.3, 0.4) is 0 Å². The first-order valence-corrected chi connectivity index (χ1v) is 10.4. The van der Waals surface area contributed by atoms with Crippen LogP contribution in [-0.4, -0.2) is 52.3 Å². The molecule has 1 heterocycles. The molecule has 8 nitrogen and oxygen atoms in total. The van der Waals surface area contributed by atoms with Crippen LogP contribution >= 0.6 is 0 Å². The molecule has 9 heteroatoms. The second kappa shape index (κ2) is 8.22. The van der Waals surface area contributed by atoms with Gasteiger partial charge in [-0.25, -0.2) is 12.7 Å². The lowest BCUT2D eigenvalue weighted by Crippen LogP contribution is -2.28. The molecule has 0 spiro atoms. The molecule has 0 aliphatic carbocycles. The van der Waals surface area contributed by atoms with Gasteiger partial charge in [-0.1, -0.05) is 0 Å². The van der Waals surface area contributed by atoms with E-state index in [2.05, 4.69) is 5.32 Å². The van der Waals surface area contributed by atoms with Crippen molar-refractivity contribution in [2.24, 2.45) is 5.92 Å². The Kier molecular flexibility index (Phi) is 5.90. The van der Waals surface area contributed by atoms with Gasteiger partial charge in [-0.05, 0) is 48.5 Å². The van der Waals surface area contributed by atoms with Crippen LogP contribution in [0.25, 0.3) is 0 Å². The smallest absolute Gasteiger partial charge is 0.242 e. The minimum absolute atomic E-state index is 0.0970. The number of carbonyl (C=O) groups excluding carboxylic acids is 2. The van der Waals surface area contributed by atoms with Gasteiger partial charge in [0, 0.05) is 38.4 Å². The van der Waals surface area contributed by atoms with Gasteiger partial charge in [0.05, 0.1) is 17.9 Å². The fraction of sp³-hybridized carbons (Fsp3) is 0.300. The summed E-state index contributed by atoms with van der Waals surface area (Å²) in [5.41, 5.74) is 1.19. The van der Waals surface area contributed by atoms with Gasteiger partial charge in [0.25, 0.3) is 0 Å². The fourth-order valence-corrected chi connectivity index (χ4v) is 3.96. The van der Waals surface area contributed by atoms with Crippen LogP contribution in [0.1, 0.15) is 6.42 Å². The van der Waals surface area contributed by atoms with Gasteiger partial charge in [-0.15, -0.1) is 0 Å². The predicted molar refractivity (Wildman–Crippen MR) is 109 cm³/mol. The van der Waals surface area contributed by atoms with Crippen molar-refractivity contribution in [3.05, 3.63) is 48.5 Å². The second-order valence-corrected chi connectivity index (χ2v) is 9.06. The van der Waals surface area contributed by atoms with E-state index >= 15 is 0 Å². The van der Waals surface area contributed by atoms with Gasteiger partial charge >= 0.3 is 0 Å². The summed E-state index contributed by atoms with van der Waals surface area (Å²) in [7, 11) is 0.942. The molecule has 1 fully saturated rings. The summed E-state index contributed by atoms with van der Waals surface area (Å²) in [5.74, 6) is -0.222. The number of benzene rings is 2. The van der Waals surface area contributed by atoms with Crippen molar-refractivity contribution in [2.45, 2.75) is 11.3 Å². The van der Waals surface area contributed by atoms with Crippen LogP contribution in [0.5, 0.6) is 5.75 Å². The van der Waals surface area contributed by atoms with Gasteiger partial charge in [-0.3, -0.25) is 9.59 Å². The molecule has 1 N–H and O–H groups in total. The van der Waals surface area contributed by atoms with Crippen LogP contribution in [0.15, 0.2) is 53.4 Å². The molecular formula is C20H23N3O5S. The van der Waals surface area contributed by atoms with E-state index in [9.17, 15) is 18.0 Å². The molecule has 0 aromatic heterocycles. The van der Waals surface area contributed by atoms with Crippen molar-refractivity contribution < 1.29 is 22.7 Å². The molecule has 1 aliphatic heterocycles. The second-order valence-electron chi connectivity index (χ2n) is 6.90. The van der Waals surface area contributed by atoms with Crippen molar-refractivity contribution >= 4 is 33.2 Å². The molecule has 0 unspecified atom stereocenters. The van der Waals surface area contributed by atoms with E-state index in [1.54, 1.807) is 43.5 Å². The molecule has 1 aliphatic rings. The number of hydrogen-bond donors (Lipinski definition) is 1. The summed E-state index contributed by atoms with van der Waals surface area (Å²) in [6.45, 7) is 0.237. The van der Waals surface area contributed by atoms with Gasteiger partial charge < -0.3 is 15.0 Å². The maximum absolute atomic E-state index is 12.5. The molecule has 2 amide bonds. The number of sulfonamides is 1. The number of anilines is 2. The van der Waals surface area contributed by atoms with Gasteiger partial charge in [0.15, 0.2) is 0 Å². The van der Waals surface area contributed by atoms with Crippen LogP contribution in [0.2, 0.25) is 0 Å². The highest BCUT2D eigenvalue weighted by Crippen LogP contribution is 2.27. The van der Waals surface area contributed by atoms with Gasteiger partial charge in [0.1, 0.15) is 5.75 Å². The molecule has 1 atom stereocenters. The highest BCUT2D eigenvalue weighted by atomic mass is 32.2. The Morgan fingerprint density at radius 1 is 1.10 bits per heavy atom. The number of nitrogens with one attached hydrogen (secondary N) is 1. The molecule has 0 radical (unpaired) electrons. The van der Waals surface area contributed by atoms with E-state index in [1.807, 2.05) is 0 Å². The zero-order chi connectivity index (χ0) is 21.2. The lowest BCUT2D eigenvalue weighted by atomic mass is 10.1. The minimum atomic E-state index is -3.54. The summed E-state index contributed by atoms with van der Waals surface area (Å²) < 4.78 is 30.6. The average molecular weight is 417 g/mol. The first-order valence-electron chi connectivity index (χ1n) is 9.00. The number of nitrogens with zero attached hydrogens (tertiary/aromatic N) is 2. The first kappa shape index (κ1) is 20.8. The molecule has 1 saturated heterocycles. The number of carbonyl (C=O) groups is 2. The normalized spacial score (nSPS) is 16.9. The Bertz CT molecular complexity index is 1000. The number of amides is 2. The Morgan fingerprint density at radius 3 is 2.28 bits per heavy atom. The van der Waals surface area contributed by atoms with E-state index in [4.69, 9.17) is 4.74 Å². The van der Waals surface area contributed by atoms with Crippen LogP contribution in [0.4, 0.5) is 11.4 Å². The summed E-state index contributed by atoms with van der Waals surface area (Å²) in [5, 5.41) is 2.81. The molecule has 0 bridgehead atoms. The van der Waals surface area contributed by atoms with Crippen molar-refractivity contribution in [1.82, 2.24) is 4.31 Å². The lowest BCUT2D eigenvalue weighted by molar-refractivity contribution is -0.122. The fourth-order valence-electron chi connectivity index (χ4n) is 3.06. The summed E-state index contributed by atoms with van der Waals surface area (Å²) in [6, 6.07) is 13.0. The van der Waals surface area contributed by atoms with Crippen molar-refractivity contribution in [3.8, 4) is 5.75 Å². The molecule has 29 heavy (non-hydrogen) atoms. The van der Waals surface area contributed by atoms with E-state index in [-0.39, 0.29) is 29.7 Å². The maximum Gasteiger partial charge on any atom is 0.242 e. The average Bonchev–Trinajstić information content (AvgIpc) is 3.10. The molecule has 2 aromatic rings. The molecular weight excluding hydrogens is 394 g/mol. The van der Waals surface area contributed by atoms with E-state index in [0.29, 0.717) is 17.1 Å². The third kappa shape index (κ3) is 4.41. The van der Waals surface area contributed by atoms with Gasteiger partial charge in [0.2, 0.25) is 21.8 Å². The third-order valence-corrected chi connectivity index (χ3v) is 6.61. The Hall–Kier alpha value is -2.91. The standard InChI is InChI=1S/C20H23N3O5S/c1-22(2)29(26,27)18-10-6-16(7-11-18)23-13-14(12-19(23)24)20(25)21-15-4-8-17(28-3)9-5-15/h4-11,14H,12-13H2,1-3H3,(H,21,25)/t14-/m0/s1. The van der Waals surface area contributed by atoms with Crippen LogP contribution in [0, 0.1) is 5.92 Å². The highest BCUT2D eigenvalue weighted by molar-refractivity contribution is 7.89. The minimum Gasteiger partial charge on any atom is -0.497 e. The molecule has 3 rings (SSSR count). The quantitative estimate of drug-likeness (QED) is 0.775. The van der Waals surface area contributed by atoms with Crippen molar-refractivity contribution in [3.63, 3.8) is 0 Å². The number of ether oxygens (including phenoxy) is 1. The van der Waals surface area contributed by atoms with E-state index in [1.165, 1.54) is 31.1 Å². The Balaban J connectivity index is 1.68. The summed E-state index contributed by atoms with van der Waals surface area (Å²) in [4.78, 5) is 26.6. The zero-order valence-electron chi connectivity index (χ0n) is 16.5. The number of rotatable bonds is 6. The Labute approximate surface area is 170 Å². The van der Waals surface area contributed by atoms with Gasteiger partial charge in [-0.2, -0.15) is 0 Å². The third-order valence-electron chi connectivity index (χ3n) is 4.78. The topological polar surface area (TPSA) is 96.0 Å². The molecule has 0 saturated carbocycles. The number of hydrogen-bond acceptors (Lipinski definition) is 5. The summed E-state index contributed by atoms with van der Waals surface area (Å²) >= 11 is 0. The largest absolute Gasteiger partial charge is 0.497 e. The maximum atomic E-state index is 12.5. The number of methoxy groups -OCH3 is 1. The van der Waals surface area contributed by atoms with Crippen molar-refractivity contribution in [2.75, 3.05) is 38.0 Å². The van der Waals surface area contributed by atoms with Crippen LogP contribution < -0.4 is 15.0 Å². The Morgan fingerprint density at radius 2 is 1.72 bits per heavy atom. The summed E-state index contributed by atoms with van der Waals surface area (Å²) in [6.07, 6.45) is 0.0970. The first-order chi connectivity index (χ1) is 13.7. The van der Waals surface area contributed by atoms with Crippen molar-refractivity contribution in [1.29, 1.82) is 0 Å². The predicted octanol–water partition coefficient (Wildman–Crippen LogP) is 1.94. The lowest BCUT2D eigenvalue weighted by Gasteiger charge is -2.18. The highest BCUT2D eigenvalue weighted by Gasteiger charge is 2.35. The molecule has 2 aromatic carbocycles.